The summed E-state index contributed by atoms with van der Waals surface area (Å²) in [7, 11) is 0. The number of hydrogen-bond acceptors (Lipinski definition) is 4. The Morgan fingerprint density at radius 1 is 1.17 bits per heavy atom. The van der Waals surface area contributed by atoms with Gasteiger partial charge in [-0.25, -0.2) is 4.79 Å². The maximum atomic E-state index is 12.2. The Labute approximate surface area is 138 Å². The monoisotopic (exact) mass is 318 g/mol. The molecule has 0 spiro atoms. The Bertz CT molecular complexity index is 529. The number of amides is 1. The fourth-order valence-electron chi connectivity index (χ4n) is 2.63. The predicted molar refractivity (Wildman–Crippen MR) is 89.6 cm³/mol. The van der Waals surface area contributed by atoms with E-state index in [2.05, 4.69) is 10.2 Å². The minimum absolute atomic E-state index is 0.118. The molecule has 0 atom stereocenters. The normalized spacial score (nSPS) is 16.8. The molecular formula is C18H26N2O3. The van der Waals surface area contributed by atoms with E-state index in [0.717, 1.165) is 31.5 Å². The van der Waals surface area contributed by atoms with Gasteiger partial charge in [0.15, 0.2) is 5.78 Å². The third-order valence-electron chi connectivity index (χ3n) is 3.77. The maximum Gasteiger partial charge on any atom is 0.407 e. The molecule has 1 saturated heterocycles. The molecule has 0 saturated carbocycles. The van der Waals surface area contributed by atoms with Gasteiger partial charge in [-0.15, -0.1) is 0 Å². The summed E-state index contributed by atoms with van der Waals surface area (Å²) < 4.78 is 5.27. The number of carbonyl (C=O) groups excluding carboxylic acids is 2. The number of nitrogens with one attached hydrogen (secondary N) is 1. The van der Waals surface area contributed by atoms with Crippen LogP contribution in [0.25, 0.3) is 0 Å². The van der Waals surface area contributed by atoms with E-state index in [-0.39, 0.29) is 17.9 Å². The highest BCUT2D eigenvalue weighted by molar-refractivity contribution is 5.97. The molecule has 1 aromatic rings. The van der Waals surface area contributed by atoms with E-state index in [1.54, 1.807) is 0 Å². The summed E-state index contributed by atoms with van der Waals surface area (Å²) in [5.74, 6) is 0.143. The van der Waals surface area contributed by atoms with Crippen LogP contribution in [0.1, 0.15) is 44.0 Å². The second-order valence-electron chi connectivity index (χ2n) is 6.99. The Morgan fingerprint density at radius 3 is 2.35 bits per heavy atom. The molecule has 1 amide bonds. The summed E-state index contributed by atoms with van der Waals surface area (Å²) in [6.45, 7) is 7.60. The Balaban J connectivity index is 1.74. The van der Waals surface area contributed by atoms with E-state index in [9.17, 15) is 9.59 Å². The van der Waals surface area contributed by atoms with Crippen molar-refractivity contribution in [3.05, 3.63) is 35.9 Å². The number of hydrogen-bond donors (Lipinski definition) is 1. The quantitative estimate of drug-likeness (QED) is 0.867. The summed E-state index contributed by atoms with van der Waals surface area (Å²) in [5.41, 5.74) is 0.272. The van der Waals surface area contributed by atoms with Crippen LogP contribution >= 0.6 is 0 Å². The fourth-order valence-corrected chi connectivity index (χ4v) is 2.63. The molecule has 1 aliphatic heterocycles. The summed E-state index contributed by atoms with van der Waals surface area (Å²) in [6.07, 6.45) is 1.30. The fraction of sp³-hybridized carbons (Fsp3) is 0.556. The Kier molecular flexibility index (Phi) is 5.77. The van der Waals surface area contributed by atoms with Crippen LogP contribution in [0.4, 0.5) is 4.79 Å². The molecule has 5 nitrogen and oxygen atoms in total. The largest absolute Gasteiger partial charge is 0.444 e. The lowest BCUT2D eigenvalue weighted by Crippen LogP contribution is -2.47. The number of carbonyl (C=O) groups is 2. The molecule has 2 rings (SSSR count). The van der Waals surface area contributed by atoms with Crippen molar-refractivity contribution in [2.75, 3.05) is 19.6 Å². The summed E-state index contributed by atoms with van der Waals surface area (Å²) in [4.78, 5) is 26.1. The minimum atomic E-state index is -0.479. The van der Waals surface area contributed by atoms with Crippen molar-refractivity contribution in [1.82, 2.24) is 10.2 Å². The second kappa shape index (κ2) is 7.59. The Hall–Kier alpha value is -1.88. The van der Waals surface area contributed by atoms with E-state index in [4.69, 9.17) is 4.74 Å². The molecular weight excluding hydrogens is 292 g/mol. The van der Waals surface area contributed by atoms with Crippen molar-refractivity contribution in [3.8, 4) is 0 Å². The van der Waals surface area contributed by atoms with Crippen molar-refractivity contribution in [2.45, 2.75) is 45.3 Å². The molecule has 0 bridgehead atoms. The zero-order valence-electron chi connectivity index (χ0n) is 14.2. The van der Waals surface area contributed by atoms with Crippen LogP contribution in [0.15, 0.2) is 30.3 Å². The van der Waals surface area contributed by atoms with Gasteiger partial charge >= 0.3 is 6.09 Å². The molecule has 0 radical (unpaired) electrons. The zero-order chi connectivity index (χ0) is 16.9. The molecule has 1 heterocycles. The van der Waals surface area contributed by atoms with E-state index in [0.29, 0.717) is 6.54 Å². The van der Waals surface area contributed by atoms with Crippen LogP contribution < -0.4 is 5.32 Å². The molecule has 1 aliphatic rings. The van der Waals surface area contributed by atoms with Crippen LogP contribution in [-0.4, -0.2) is 48.1 Å². The van der Waals surface area contributed by atoms with E-state index in [1.165, 1.54) is 0 Å². The molecule has 0 aromatic heterocycles. The smallest absolute Gasteiger partial charge is 0.407 e. The number of alkyl carbamates (subject to hydrolysis) is 1. The van der Waals surface area contributed by atoms with Gasteiger partial charge in [0, 0.05) is 24.7 Å². The molecule has 1 fully saturated rings. The van der Waals surface area contributed by atoms with Gasteiger partial charge in [-0.05, 0) is 33.6 Å². The van der Waals surface area contributed by atoms with Gasteiger partial charge in [0.2, 0.25) is 0 Å². The highest BCUT2D eigenvalue weighted by Gasteiger charge is 2.24. The SMILES string of the molecule is CC(C)(C)OC(=O)NC1CCN(CC(=O)c2ccccc2)CC1. The predicted octanol–water partition coefficient (Wildman–Crippen LogP) is 2.86. The number of ether oxygens (including phenoxy) is 1. The number of likely N-dealkylation sites (tertiary alicyclic amines) is 1. The van der Waals surface area contributed by atoms with E-state index in [1.807, 2.05) is 51.1 Å². The number of ketones is 1. The van der Waals surface area contributed by atoms with E-state index < -0.39 is 5.60 Å². The first-order chi connectivity index (χ1) is 10.8. The molecule has 0 unspecified atom stereocenters. The third kappa shape index (κ3) is 6.02. The molecule has 1 aromatic carbocycles. The van der Waals surface area contributed by atoms with Crippen molar-refractivity contribution >= 4 is 11.9 Å². The van der Waals surface area contributed by atoms with Gasteiger partial charge in [-0.2, -0.15) is 0 Å². The third-order valence-corrected chi connectivity index (χ3v) is 3.77. The van der Waals surface area contributed by atoms with Gasteiger partial charge < -0.3 is 10.1 Å². The Morgan fingerprint density at radius 2 is 1.78 bits per heavy atom. The van der Waals surface area contributed by atoms with Gasteiger partial charge in [-0.3, -0.25) is 9.69 Å². The van der Waals surface area contributed by atoms with Gasteiger partial charge in [-0.1, -0.05) is 30.3 Å². The highest BCUT2D eigenvalue weighted by atomic mass is 16.6. The van der Waals surface area contributed by atoms with Gasteiger partial charge in [0.05, 0.1) is 6.54 Å². The maximum absolute atomic E-state index is 12.2. The first kappa shape index (κ1) is 17.5. The number of rotatable bonds is 4. The lowest BCUT2D eigenvalue weighted by molar-refractivity contribution is 0.0476. The minimum Gasteiger partial charge on any atom is -0.444 e. The average molecular weight is 318 g/mol. The number of nitrogens with zero attached hydrogens (tertiary/aromatic N) is 1. The number of piperidine rings is 1. The van der Waals surface area contributed by atoms with Crippen LogP contribution in [-0.2, 0) is 4.74 Å². The summed E-state index contributed by atoms with van der Waals surface area (Å²) >= 11 is 0. The topological polar surface area (TPSA) is 58.6 Å². The molecule has 126 valence electrons. The lowest BCUT2D eigenvalue weighted by atomic mass is 10.0. The molecule has 1 N–H and O–H groups in total. The first-order valence-corrected chi connectivity index (χ1v) is 8.13. The first-order valence-electron chi connectivity index (χ1n) is 8.13. The van der Waals surface area contributed by atoms with Crippen LogP contribution in [0.3, 0.4) is 0 Å². The van der Waals surface area contributed by atoms with Crippen LogP contribution in [0.5, 0.6) is 0 Å². The lowest BCUT2D eigenvalue weighted by Gasteiger charge is -2.32. The van der Waals surface area contributed by atoms with Crippen molar-refractivity contribution in [3.63, 3.8) is 0 Å². The summed E-state index contributed by atoms with van der Waals surface area (Å²) in [5, 5.41) is 2.91. The number of benzene rings is 1. The zero-order valence-corrected chi connectivity index (χ0v) is 14.2. The van der Waals surface area contributed by atoms with E-state index >= 15 is 0 Å². The second-order valence-corrected chi connectivity index (χ2v) is 6.99. The highest BCUT2D eigenvalue weighted by Crippen LogP contribution is 2.13. The van der Waals surface area contributed by atoms with Gasteiger partial charge in [0.25, 0.3) is 0 Å². The standard InChI is InChI=1S/C18H26N2O3/c1-18(2,3)23-17(22)19-15-9-11-20(12-10-15)13-16(21)14-7-5-4-6-8-14/h4-8,15H,9-13H2,1-3H3,(H,19,22). The molecule has 0 aliphatic carbocycles. The van der Waals surface area contributed by atoms with Crippen LogP contribution in [0.2, 0.25) is 0 Å². The van der Waals surface area contributed by atoms with Gasteiger partial charge in [0.1, 0.15) is 5.60 Å². The number of Topliss-reactive ketones (excluding diaryl/α,β-unsaturated/α-hetero) is 1. The molecule has 5 heteroatoms. The van der Waals surface area contributed by atoms with Crippen LogP contribution in [0, 0.1) is 0 Å². The summed E-state index contributed by atoms with van der Waals surface area (Å²) in [6, 6.07) is 9.48. The van der Waals surface area contributed by atoms with Crippen molar-refractivity contribution < 1.29 is 14.3 Å². The average Bonchev–Trinajstić information content (AvgIpc) is 2.48. The molecule has 23 heavy (non-hydrogen) atoms. The van der Waals surface area contributed by atoms with Crippen molar-refractivity contribution in [1.29, 1.82) is 0 Å². The van der Waals surface area contributed by atoms with Crippen molar-refractivity contribution in [2.24, 2.45) is 0 Å².